The highest BCUT2D eigenvalue weighted by atomic mass is 19.1. The van der Waals surface area contributed by atoms with Crippen molar-refractivity contribution in [3.63, 3.8) is 0 Å². The SMILES string of the molecule is CC(C)OC(C)Cc1c(F)cccc1F. The van der Waals surface area contributed by atoms with E-state index >= 15 is 0 Å². The van der Waals surface area contributed by atoms with Gasteiger partial charge >= 0.3 is 0 Å². The Morgan fingerprint density at radius 2 is 1.67 bits per heavy atom. The molecule has 15 heavy (non-hydrogen) atoms. The summed E-state index contributed by atoms with van der Waals surface area (Å²) in [6, 6.07) is 3.89. The van der Waals surface area contributed by atoms with Crippen LogP contribution in [0.5, 0.6) is 0 Å². The fourth-order valence-corrected chi connectivity index (χ4v) is 1.53. The Bertz CT molecular complexity index is 303. The van der Waals surface area contributed by atoms with Gasteiger partial charge in [-0.15, -0.1) is 0 Å². The monoisotopic (exact) mass is 214 g/mol. The third-order valence-corrected chi connectivity index (χ3v) is 2.06. The predicted octanol–water partition coefficient (Wildman–Crippen LogP) is 3.32. The Hall–Kier alpha value is -0.960. The van der Waals surface area contributed by atoms with Crippen LogP contribution in [0.1, 0.15) is 26.3 Å². The summed E-state index contributed by atoms with van der Waals surface area (Å²) in [7, 11) is 0. The molecule has 0 heterocycles. The van der Waals surface area contributed by atoms with Crippen LogP contribution in [-0.4, -0.2) is 12.2 Å². The molecule has 0 bridgehead atoms. The summed E-state index contributed by atoms with van der Waals surface area (Å²) in [6.45, 7) is 5.61. The van der Waals surface area contributed by atoms with Gasteiger partial charge in [-0.25, -0.2) is 8.78 Å². The van der Waals surface area contributed by atoms with Crippen LogP contribution in [0, 0.1) is 11.6 Å². The second kappa shape index (κ2) is 5.21. The highest BCUT2D eigenvalue weighted by Gasteiger charge is 2.13. The molecule has 0 saturated heterocycles. The van der Waals surface area contributed by atoms with Gasteiger partial charge in [-0.2, -0.15) is 0 Å². The van der Waals surface area contributed by atoms with Gasteiger partial charge < -0.3 is 4.74 Å². The standard InChI is InChI=1S/C12H16F2O/c1-8(2)15-9(3)7-10-11(13)5-4-6-12(10)14/h4-6,8-9H,7H2,1-3H3. The molecular formula is C12H16F2O. The van der Waals surface area contributed by atoms with Crippen molar-refractivity contribution in [1.82, 2.24) is 0 Å². The van der Waals surface area contributed by atoms with Gasteiger partial charge in [-0.05, 0) is 32.9 Å². The first kappa shape index (κ1) is 12.1. The fourth-order valence-electron chi connectivity index (χ4n) is 1.53. The minimum atomic E-state index is -0.505. The average Bonchev–Trinajstić information content (AvgIpc) is 2.10. The van der Waals surface area contributed by atoms with Crippen molar-refractivity contribution >= 4 is 0 Å². The molecule has 1 aromatic rings. The molecule has 1 atom stereocenters. The Morgan fingerprint density at radius 1 is 1.13 bits per heavy atom. The lowest BCUT2D eigenvalue weighted by Crippen LogP contribution is -2.18. The van der Waals surface area contributed by atoms with Crippen LogP contribution >= 0.6 is 0 Å². The second-order valence-electron chi connectivity index (χ2n) is 3.90. The molecule has 0 amide bonds. The number of halogens is 2. The summed E-state index contributed by atoms with van der Waals surface area (Å²) in [5, 5.41) is 0. The molecule has 0 aliphatic carbocycles. The van der Waals surface area contributed by atoms with E-state index in [-0.39, 0.29) is 24.2 Å². The zero-order chi connectivity index (χ0) is 11.4. The van der Waals surface area contributed by atoms with Crippen molar-refractivity contribution in [1.29, 1.82) is 0 Å². The van der Waals surface area contributed by atoms with Gasteiger partial charge in [0.05, 0.1) is 12.2 Å². The number of rotatable bonds is 4. The van der Waals surface area contributed by atoms with Gasteiger partial charge in [0.2, 0.25) is 0 Å². The van der Waals surface area contributed by atoms with E-state index in [2.05, 4.69) is 0 Å². The number of hydrogen-bond donors (Lipinski definition) is 0. The van der Waals surface area contributed by atoms with Crippen LogP contribution < -0.4 is 0 Å². The molecule has 0 aliphatic rings. The Kier molecular flexibility index (Phi) is 4.21. The Balaban J connectivity index is 2.71. The zero-order valence-corrected chi connectivity index (χ0v) is 9.26. The van der Waals surface area contributed by atoms with E-state index < -0.39 is 11.6 Å². The van der Waals surface area contributed by atoms with Crippen molar-refractivity contribution in [3.8, 4) is 0 Å². The zero-order valence-electron chi connectivity index (χ0n) is 9.26. The van der Waals surface area contributed by atoms with Gasteiger partial charge in [-0.1, -0.05) is 6.07 Å². The summed E-state index contributed by atoms with van der Waals surface area (Å²) in [5.74, 6) is -1.01. The maximum atomic E-state index is 13.3. The quantitative estimate of drug-likeness (QED) is 0.747. The maximum absolute atomic E-state index is 13.3. The smallest absolute Gasteiger partial charge is 0.129 e. The molecule has 0 fully saturated rings. The van der Waals surface area contributed by atoms with Crippen molar-refractivity contribution in [2.24, 2.45) is 0 Å². The molecule has 0 saturated carbocycles. The molecule has 0 N–H and O–H groups in total. The summed E-state index contributed by atoms with van der Waals surface area (Å²) in [6.07, 6.45) is 0.141. The van der Waals surface area contributed by atoms with Gasteiger partial charge in [0, 0.05) is 12.0 Å². The summed E-state index contributed by atoms with van der Waals surface area (Å²) in [5.41, 5.74) is 0.102. The van der Waals surface area contributed by atoms with E-state index in [0.717, 1.165) is 0 Å². The normalized spacial score (nSPS) is 13.2. The van der Waals surface area contributed by atoms with Crippen LogP contribution in [0.25, 0.3) is 0 Å². The van der Waals surface area contributed by atoms with Crippen LogP contribution in [-0.2, 0) is 11.2 Å². The molecule has 0 radical (unpaired) electrons. The van der Waals surface area contributed by atoms with E-state index in [9.17, 15) is 8.78 Å². The van der Waals surface area contributed by atoms with Crippen molar-refractivity contribution < 1.29 is 13.5 Å². The maximum Gasteiger partial charge on any atom is 0.129 e. The van der Waals surface area contributed by atoms with Gasteiger partial charge in [0.1, 0.15) is 11.6 Å². The topological polar surface area (TPSA) is 9.23 Å². The molecule has 0 aliphatic heterocycles. The van der Waals surface area contributed by atoms with Crippen LogP contribution in [0.4, 0.5) is 8.78 Å². The minimum absolute atomic E-state index is 0.0647. The molecule has 3 heteroatoms. The summed E-state index contributed by atoms with van der Waals surface area (Å²) < 4.78 is 31.9. The Morgan fingerprint density at radius 3 is 2.13 bits per heavy atom. The van der Waals surface area contributed by atoms with Gasteiger partial charge in [-0.3, -0.25) is 0 Å². The molecule has 1 unspecified atom stereocenters. The molecule has 84 valence electrons. The van der Waals surface area contributed by atoms with Crippen molar-refractivity contribution in [3.05, 3.63) is 35.4 Å². The van der Waals surface area contributed by atoms with Crippen LogP contribution in [0.15, 0.2) is 18.2 Å². The molecular weight excluding hydrogens is 198 g/mol. The highest BCUT2D eigenvalue weighted by molar-refractivity contribution is 5.20. The largest absolute Gasteiger partial charge is 0.376 e. The summed E-state index contributed by atoms with van der Waals surface area (Å²) >= 11 is 0. The van der Waals surface area contributed by atoms with Gasteiger partial charge in [0.15, 0.2) is 0 Å². The van der Waals surface area contributed by atoms with Gasteiger partial charge in [0.25, 0.3) is 0 Å². The number of benzene rings is 1. The summed E-state index contributed by atoms with van der Waals surface area (Å²) in [4.78, 5) is 0. The third-order valence-electron chi connectivity index (χ3n) is 2.06. The van der Waals surface area contributed by atoms with E-state index in [1.165, 1.54) is 18.2 Å². The lowest BCUT2D eigenvalue weighted by molar-refractivity contribution is 0.0186. The van der Waals surface area contributed by atoms with Crippen molar-refractivity contribution in [2.75, 3.05) is 0 Å². The molecule has 0 spiro atoms. The molecule has 1 aromatic carbocycles. The van der Waals surface area contributed by atoms with E-state index in [1.807, 2.05) is 20.8 Å². The first-order valence-corrected chi connectivity index (χ1v) is 5.09. The first-order valence-electron chi connectivity index (χ1n) is 5.09. The fraction of sp³-hybridized carbons (Fsp3) is 0.500. The van der Waals surface area contributed by atoms with Crippen LogP contribution in [0.2, 0.25) is 0 Å². The third kappa shape index (κ3) is 3.59. The van der Waals surface area contributed by atoms with Crippen molar-refractivity contribution in [2.45, 2.75) is 39.4 Å². The van der Waals surface area contributed by atoms with E-state index in [0.29, 0.717) is 0 Å². The lowest BCUT2D eigenvalue weighted by Gasteiger charge is -2.16. The second-order valence-corrected chi connectivity index (χ2v) is 3.90. The van der Waals surface area contributed by atoms with E-state index in [4.69, 9.17) is 4.74 Å². The van der Waals surface area contributed by atoms with Crippen LogP contribution in [0.3, 0.4) is 0 Å². The average molecular weight is 214 g/mol. The molecule has 0 aromatic heterocycles. The minimum Gasteiger partial charge on any atom is -0.376 e. The van der Waals surface area contributed by atoms with E-state index in [1.54, 1.807) is 0 Å². The molecule has 1 rings (SSSR count). The number of ether oxygens (including phenoxy) is 1. The lowest BCUT2D eigenvalue weighted by atomic mass is 10.1. The Labute approximate surface area is 89.1 Å². The first-order chi connectivity index (χ1) is 7.00. The molecule has 1 nitrogen and oxygen atoms in total. The number of hydrogen-bond acceptors (Lipinski definition) is 1. The predicted molar refractivity (Wildman–Crippen MR) is 55.7 cm³/mol. The highest BCUT2D eigenvalue weighted by Crippen LogP contribution is 2.15.